The van der Waals surface area contributed by atoms with E-state index in [1.54, 1.807) is 24.3 Å². The minimum Gasteiger partial charge on any atom is -0.453 e. The number of methoxy groups -OCH3 is 1. The van der Waals surface area contributed by atoms with Crippen LogP contribution in [0.4, 0.5) is 4.79 Å². The molecule has 1 rings (SSSR count). The van der Waals surface area contributed by atoms with E-state index in [1.165, 1.54) is 6.92 Å². The fourth-order valence-corrected chi connectivity index (χ4v) is 1.77. The molecule has 0 aliphatic carbocycles. The van der Waals surface area contributed by atoms with Gasteiger partial charge in [0.1, 0.15) is 0 Å². The number of rotatable bonds is 3. The van der Waals surface area contributed by atoms with E-state index < -0.39 is 24.1 Å². The van der Waals surface area contributed by atoms with Crippen molar-refractivity contribution in [2.24, 2.45) is 0 Å². The summed E-state index contributed by atoms with van der Waals surface area (Å²) in [7, 11) is 1.13. The Balaban J connectivity index is 2.64. The van der Waals surface area contributed by atoms with Crippen LogP contribution in [0.1, 0.15) is 17.3 Å². The zero-order chi connectivity index (χ0) is 14.4. The Kier molecular flexibility index (Phi) is 5.74. The molecule has 7 heteroatoms. The Morgan fingerprint density at radius 2 is 1.89 bits per heavy atom. The Morgan fingerprint density at radius 3 is 2.47 bits per heavy atom. The van der Waals surface area contributed by atoms with E-state index in [9.17, 15) is 14.4 Å². The second kappa shape index (κ2) is 7.07. The molecule has 1 aromatic rings. The van der Waals surface area contributed by atoms with Crippen molar-refractivity contribution < 1.29 is 23.9 Å². The highest BCUT2D eigenvalue weighted by Gasteiger charge is 2.21. The molecule has 0 spiro atoms. The van der Waals surface area contributed by atoms with Crippen LogP contribution in [0, 0.1) is 3.57 Å². The predicted octanol–water partition coefficient (Wildman–Crippen LogP) is 1.72. The van der Waals surface area contributed by atoms with Gasteiger partial charge in [0, 0.05) is 3.57 Å². The summed E-state index contributed by atoms with van der Waals surface area (Å²) in [5, 5.41) is 1.92. The fourth-order valence-electron chi connectivity index (χ4n) is 1.16. The van der Waals surface area contributed by atoms with E-state index in [4.69, 9.17) is 4.74 Å². The molecular formula is C12H12INO5. The van der Waals surface area contributed by atoms with Gasteiger partial charge in [0.2, 0.25) is 0 Å². The van der Waals surface area contributed by atoms with Gasteiger partial charge in [0.15, 0.2) is 6.10 Å². The van der Waals surface area contributed by atoms with E-state index in [0.29, 0.717) is 9.13 Å². The number of hydrogen-bond donors (Lipinski definition) is 1. The second-order valence-corrected chi connectivity index (χ2v) is 4.67. The minimum atomic E-state index is -1.09. The lowest BCUT2D eigenvalue weighted by Gasteiger charge is -2.12. The van der Waals surface area contributed by atoms with Crippen molar-refractivity contribution in [2.45, 2.75) is 13.0 Å². The number of nitrogens with one attached hydrogen (secondary N) is 1. The predicted molar refractivity (Wildman–Crippen MR) is 74.6 cm³/mol. The molecule has 19 heavy (non-hydrogen) atoms. The van der Waals surface area contributed by atoms with Crippen molar-refractivity contribution in [3.63, 3.8) is 0 Å². The smallest absolute Gasteiger partial charge is 0.413 e. The fraction of sp³-hybridized carbons (Fsp3) is 0.250. The number of carbonyl (C=O) groups excluding carboxylic acids is 3. The van der Waals surface area contributed by atoms with Gasteiger partial charge in [0.05, 0.1) is 12.7 Å². The van der Waals surface area contributed by atoms with Crippen molar-refractivity contribution in [3.8, 4) is 0 Å². The highest BCUT2D eigenvalue weighted by atomic mass is 127. The summed E-state index contributed by atoms with van der Waals surface area (Å²) in [6.45, 7) is 1.37. The van der Waals surface area contributed by atoms with Crippen LogP contribution in [0.3, 0.4) is 0 Å². The third-order valence-electron chi connectivity index (χ3n) is 2.16. The Morgan fingerprint density at radius 1 is 1.26 bits per heavy atom. The lowest BCUT2D eigenvalue weighted by molar-refractivity contribution is -0.128. The van der Waals surface area contributed by atoms with Gasteiger partial charge in [-0.2, -0.15) is 0 Å². The van der Waals surface area contributed by atoms with Crippen molar-refractivity contribution in [1.82, 2.24) is 5.32 Å². The van der Waals surface area contributed by atoms with Crippen LogP contribution in [0.15, 0.2) is 24.3 Å². The van der Waals surface area contributed by atoms with Crippen molar-refractivity contribution in [1.29, 1.82) is 0 Å². The van der Waals surface area contributed by atoms with Crippen LogP contribution in [-0.2, 0) is 14.3 Å². The summed E-state index contributed by atoms with van der Waals surface area (Å²) >= 11 is 1.99. The molecule has 0 fully saturated rings. The first kappa shape index (κ1) is 15.4. The van der Waals surface area contributed by atoms with Crippen LogP contribution in [-0.4, -0.2) is 31.2 Å². The second-order valence-electron chi connectivity index (χ2n) is 3.51. The summed E-state index contributed by atoms with van der Waals surface area (Å²) in [4.78, 5) is 34.1. The molecule has 0 aromatic heterocycles. The number of esters is 1. The number of ether oxygens (including phenoxy) is 2. The molecule has 1 aromatic carbocycles. The SMILES string of the molecule is COC(=O)NC(=O)[C@H](C)OC(=O)c1ccccc1I. The van der Waals surface area contributed by atoms with Gasteiger partial charge in [0.25, 0.3) is 5.91 Å². The lowest BCUT2D eigenvalue weighted by atomic mass is 10.2. The molecule has 0 bridgehead atoms. The number of alkyl carbamates (subject to hydrolysis) is 1. The quantitative estimate of drug-likeness (QED) is 0.641. The number of imide groups is 1. The molecule has 1 atom stereocenters. The maximum atomic E-state index is 11.8. The number of amides is 2. The maximum absolute atomic E-state index is 11.8. The van der Waals surface area contributed by atoms with Crippen LogP contribution in [0.5, 0.6) is 0 Å². The molecule has 6 nitrogen and oxygen atoms in total. The molecule has 0 saturated heterocycles. The molecule has 102 valence electrons. The summed E-state index contributed by atoms with van der Waals surface area (Å²) in [5.74, 6) is -1.37. The minimum absolute atomic E-state index is 0.362. The Bertz CT molecular complexity index is 503. The van der Waals surface area contributed by atoms with Crippen molar-refractivity contribution >= 4 is 40.6 Å². The molecule has 2 amide bonds. The summed E-state index contributed by atoms with van der Waals surface area (Å²) in [6.07, 6.45) is -2.00. The highest BCUT2D eigenvalue weighted by Crippen LogP contribution is 2.13. The monoisotopic (exact) mass is 377 g/mol. The zero-order valence-electron chi connectivity index (χ0n) is 10.3. The van der Waals surface area contributed by atoms with Crippen LogP contribution in [0.2, 0.25) is 0 Å². The van der Waals surface area contributed by atoms with Gasteiger partial charge >= 0.3 is 12.1 Å². The van der Waals surface area contributed by atoms with E-state index >= 15 is 0 Å². The third kappa shape index (κ3) is 4.51. The van der Waals surface area contributed by atoms with Crippen LogP contribution < -0.4 is 5.32 Å². The number of hydrogen-bond acceptors (Lipinski definition) is 5. The van der Waals surface area contributed by atoms with Gasteiger partial charge in [-0.05, 0) is 41.6 Å². The Labute approximate surface area is 123 Å². The van der Waals surface area contributed by atoms with Crippen LogP contribution in [0.25, 0.3) is 0 Å². The molecule has 0 unspecified atom stereocenters. The molecule has 0 saturated carbocycles. The average Bonchev–Trinajstić information content (AvgIpc) is 2.38. The Hall–Kier alpha value is -1.64. The molecule has 0 aliphatic heterocycles. The van der Waals surface area contributed by atoms with E-state index in [1.807, 2.05) is 27.9 Å². The van der Waals surface area contributed by atoms with Crippen LogP contribution >= 0.6 is 22.6 Å². The first-order valence-corrected chi connectivity index (χ1v) is 6.38. The third-order valence-corrected chi connectivity index (χ3v) is 3.10. The van der Waals surface area contributed by atoms with Gasteiger partial charge in [-0.3, -0.25) is 10.1 Å². The van der Waals surface area contributed by atoms with Gasteiger partial charge in [-0.1, -0.05) is 12.1 Å². The van der Waals surface area contributed by atoms with E-state index in [2.05, 4.69) is 4.74 Å². The largest absolute Gasteiger partial charge is 0.453 e. The first-order valence-electron chi connectivity index (χ1n) is 5.30. The average molecular weight is 377 g/mol. The maximum Gasteiger partial charge on any atom is 0.413 e. The van der Waals surface area contributed by atoms with Gasteiger partial charge < -0.3 is 9.47 Å². The number of carbonyl (C=O) groups is 3. The molecule has 0 aliphatic rings. The summed E-state index contributed by atoms with van der Waals surface area (Å²) < 4.78 is 9.94. The molecule has 0 heterocycles. The number of halogens is 1. The van der Waals surface area contributed by atoms with E-state index in [0.717, 1.165) is 7.11 Å². The summed E-state index contributed by atoms with van der Waals surface area (Å²) in [6, 6.07) is 6.81. The standard InChI is InChI=1S/C12H12INO5/c1-7(10(15)14-12(17)18-2)19-11(16)8-5-3-4-6-9(8)13/h3-7H,1-2H3,(H,14,15,17)/t7-/m0/s1. The van der Waals surface area contributed by atoms with Gasteiger partial charge in [-0.15, -0.1) is 0 Å². The van der Waals surface area contributed by atoms with Crippen molar-refractivity contribution in [2.75, 3.05) is 7.11 Å². The topological polar surface area (TPSA) is 81.7 Å². The lowest BCUT2D eigenvalue weighted by Crippen LogP contribution is -2.39. The molecule has 1 N–H and O–H groups in total. The van der Waals surface area contributed by atoms with E-state index in [-0.39, 0.29) is 0 Å². The highest BCUT2D eigenvalue weighted by molar-refractivity contribution is 14.1. The number of benzene rings is 1. The zero-order valence-corrected chi connectivity index (χ0v) is 12.5. The van der Waals surface area contributed by atoms with Crippen molar-refractivity contribution in [3.05, 3.63) is 33.4 Å². The molecule has 0 radical (unpaired) electrons. The normalized spacial score (nSPS) is 11.3. The summed E-state index contributed by atoms with van der Waals surface area (Å²) in [5.41, 5.74) is 0.362. The van der Waals surface area contributed by atoms with Gasteiger partial charge in [-0.25, -0.2) is 9.59 Å². The first-order chi connectivity index (χ1) is 8.95. The molecular weight excluding hydrogens is 365 g/mol.